The van der Waals surface area contributed by atoms with Crippen LogP contribution < -0.4 is 15.1 Å². The van der Waals surface area contributed by atoms with E-state index in [-0.39, 0.29) is 23.3 Å². The second-order valence-electron chi connectivity index (χ2n) is 11.0. The van der Waals surface area contributed by atoms with Gasteiger partial charge in [0, 0.05) is 81.1 Å². The average molecular weight is 474 g/mol. The summed E-state index contributed by atoms with van der Waals surface area (Å²) >= 11 is 0. The maximum atomic E-state index is 14.3. The van der Waals surface area contributed by atoms with Gasteiger partial charge in [0.2, 0.25) is 0 Å². The SMILES string of the molecule is CC1=CCOC12CCN(c1cc3c(c(C(F)F)n1)[C@@H](C)C[C@H]1[C@H](N4CCNCC4)CN31)[C@H](C)C2. The van der Waals surface area contributed by atoms with Crippen molar-refractivity contribution in [3.8, 4) is 0 Å². The smallest absolute Gasteiger partial charge is 0.280 e. The average Bonchev–Trinajstić information content (AvgIpc) is 3.15. The van der Waals surface area contributed by atoms with E-state index in [9.17, 15) is 8.78 Å². The molecule has 6 rings (SSSR count). The summed E-state index contributed by atoms with van der Waals surface area (Å²) in [4.78, 5) is 11.8. The summed E-state index contributed by atoms with van der Waals surface area (Å²) in [6, 6.07) is 3.22. The summed E-state index contributed by atoms with van der Waals surface area (Å²) in [5.41, 5.74) is 2.87. The molecule has 0 aromatic carbocycles. The highest BCUT2D eigenvalue weighted by molar-refractivity contribution is 5.68. The maximum Gasteiger partial charge on any atom is 0.280 e. The molecule has 5 aliphatic rings. The first-order valence-corrected chi connectivity index (χ1v) is 13.0. The van der Waals surface area contributed by atoms with Crippen LogP contribution in [0.25, 0.3) is 0 Å². The molecule has 1 unspecified atom stereocenters. The molecule has 3 saturated heterocycles. The Morgan fingerprint density at radius 3 is 2.62 bits per heavy atom. The van der Waals surface area contributed by atoms with E-state index >= 15 is 0 Å². The number of piperazine rings is 1. The first kappa shape index (κ1) is 22.7. The zero-order chi connectivity index (χ0) is 23.6. The second kappa shape index (κ2) is 8.42. The number of rotatable bonds is 3. The predicted octanol–water partition coefficient (Wildman–Crippen LogP) is 3.69. The summed E-state index contributed by atoms with van der Waals surface area (Å²) in [6.45, 7) is 13.0. The molecule has 5 atom stereocenters. The number of alkyl halides is 2. The third-order valence-electron chi connectivity index (χ3n) is 9.18. The number of nitrogens with one attached hydrogen (secondary N) is 1. The van der Waals surface area contributed by atoms with Gasteiger partial charge in [-0.25, -0.2) is 13.8 Å². The summed E-state index contributed by atoms with van der Waals surface area (Å²) < 4.78 is 34.8. The molecular formula is C26H37F2N5O. The van der Waals surface area contributed by atoms with Crippen molar-refractivity contribution in [2.75, 3.05) is 55.7 Å². The fourth-order valence-corrected chi connectivity index (χ4v) is 7.21. The summed E-state index contributed by atoms with van der Waals surface area (Å²) in [5.74, 6) is 0.795. The van der Waals surface area contributed by atoms with Gasteiger partial charge in [-0.05, 0) is 38.2 Å². The van der Waals surface area contributed by atoms with Crippen LogP contribution in [0.2, 0.25) is 0 Å². The van der Waals surface area contributed by atoms with E-state index in [0.717, 1.165) is 69.8 Å². The number of hydrogen-bond donors (Lipinski definition) is 1. The van der Waals surface area contributed by atoms with Gasteiger partial charge in [0.05, 0.1) is 12.2 Å². The monoisotopic (exact) mass is 473 g/mol. The van der Waals surface area contributed by atoms with E-state index in [4.69, 9.17) is 4.74 Å². The van der Waals surface area contributed by atoms with Crippen LogP contribution in [0.5, 0.6) is 0 Å². The van der Waals surface area contributed by atoms with Gasteiger partial charge in [-0.15, -0.1) is 0 Å². The van der Waals surface area contributed by atoms with Gasteiger partial charge in [0.15, 0.2) is 0 Å². The third-order valence-corrected chi connectivity index (χ3v) is 9.18. The van der Waals surface area contributed by atoms with Crippen LogP contribution in [-0.4, -0.2) is 79.5 Å². The van der Waals surface area contributed by atoms with Crippen LogP contribution in [0, 0.1) is 0 Å². The molecule has 1 spiro atoms. The number of piperidine rings is 1. The number of nitrogens with zero attached hydrogens (tertiary/aromatic N) is 4. The Morgan fingerprint density at radius 2 is 1.94 bits per heavy atom. The normalized spacial score (nSPS) is 35.9. The Morgan fingerprint density at radius 1 is 1.15 bits per heavy atom. The van der Waals surface area contributed by atoms with Crippen LogP contribution in [0.1, 0.15) is 63.6 Å². The molecule has 3 fully saturated rings. The molecule has 1 N–H and O–H groups in total. The molecule has 0 bridgehead atoms. The lowest BCUT2D eigenvalue weighted by molar-refractivity contribution is -0.00867. The molecule has 6 heterocycles. The molecule has 0 radical (unpaired) electrons. The zero-order valence-corrected chi connectivity index (χ0v) is 20.6. The van der Waals surface area contributed by atoms with Crippen molar-refractivity contribution in [1.82, 2.24) is 15.2 Å². The number of anilines is 2. The number of aromatic nitrogens is 1. The molecule has 0 amide bonds. The molecule has 34 heavy (non-hydrogen) atoms. The lowest BCUT2D eigenvalue weighted by atomic mass is 9.77. The lowest BCUT2D eigenvalue weighted by Gasteiger charge is -2.58. The van der Waals surface area contributed by atoms with E-state index < -0.39 is 6.43 Å². The van der Waals surface area contributed by atoms with Gasteiger partial charge in [-0.1, -0.05) is 13.0 Å². The first-order valence-electron chi connectivity index (χ1n) is 13.0. The Labute approximate surface area is 201 Å². The quantitative estimate of drug-likeness (QED) is 0.676. The molecule has 8 heteroatoms. The number of ether oxygens (including phenoxy) is 1. The highest BCUT2D eigenvalue weighted by Gasteiger charge is 2.49. The van der Waals surface area contributed by atoms with E-state index in [2.05, 4.69) is 57.9 Å². The number of fused-ring (bicyclic) bond motifs is 3. The van der Waals surface area contributed by atoms with Gasteiger partial charge >= 0.3 is 0 Å². The number of pyridine rings is 1. The zero-order valence-electron chi connectivity index (χ0n) is 20.6. The largest absolute Gasteiger partial charge is 0.366 e. The lowest BCUT2D eigenvalue weighted by Crippen LogP contribution is -2.70. The van der Waals surface area contributed by atoms with Crippen LogP contribution in [0.4, 0.5) is 20.3 Å². The minimum Gasteiger partial charge on any atom is -0.366 e. The molecule has 1 aromatic heterocycles. The van der Waals surface area contributed by atoms with Crippen molar-refractivity contribution in [3.63, 3.8) is 0 Å². The van der Waals surface area contributed by atoms with Crippen molar-refractivity contribution in [2.45, 2.75) is 76.1 Å². The Hall–Kier alpha value is -1.77. The Kier molecular flexibility index (Phi) is 5.61. The number of hydrogen-bond acceptors (Lipinski definition) is 6. The highest BCUT2D eigenvalue weighted by Crippen LogP contribution is 2.49. The topological polar surface area (TPSA) is 43.9 Å². The minimum absolute atomic E-state index is 0.00949. The van der Waals surface area contributed by atoms with Crippen LogP contribution >= 0.6 is 0 Å². The summed E-state index contributed by atoms with van der Waals surface area (Å²) in [6.07, 6.45) is 2.28. The molecule has 5 aliphatic heterocycles. The maximum absolute atomic E-state index is 14.3. The van der Waals surface area contributed by atoms with Gasteiger partial charge < -0.3 is 19.9 Å². The molecule has 0 aliphatic carbocycles. The fourth-order valence-electron chi connectivity index (χ4n) is 7.21. The van der Waals surface area contributed by atoms with Crippen molar-refractivity contribution in [1.29, 1.82) is 0 Å². The van der Waals surface area contributed by atoms with Crippen molar-refractivity contribution >= 4 is 11.5 Å². The highest BCUT2D eigenvalue weighted by atomic mass is 19.3. The molecular weight excluding hydrogens is 436 g/mol. The van der Waals surface area contributed by atoms with Crippen LogP contribution in [0.15, 0.2) is 17.7 Å². The van der Waals surface area contributed by atoms with Crippen molar-refractivity contribution in [3.05, 3.63) is 29.0 Å². The van der Waals surface area contributed by atoms with Gasteiger partial charge in [-0.2, -0.15) is 0 Å². The van der Waals surface area contributed by atoms with Crippen molar-refractivity contribution < 1.29 is 13.5 Å². The van der Waals surface area contributed by atoms with Gasteiger partial charge in [0.1, 0.15) is 11.5 Å². The van der Waals surface area contributed by atoms with E-state index in [0.29, 0.717) is 24.5 Å². The van der Waals surface area contributed by atoms with Crippen LogP contribution in [-0.2, 0) is 4.74 Å². The van der Waals surface area contributed by atoms with E-state index in [1.54, 1.807) is 0 Å². The van der Waals surface area contributed by atoms with Gasteiger partial charge in [-0.3, -0.25) is 4.90 Å². The predicted molar refractivity (Wildman–Crippen MR) is 130 cm³/mol. The molecule has 6 nitrogen and oxygen atoms in total. The second-order valence-corrected chi connectivity index (χ2v) is 11.0. The number of halogens is 2. The van der Waals surface area contributed by atoms with E-state index in [1.807, 2.05) is 0 Å². The molecule has 1 aromatic rings. The minimum atomic E-state index is -2.56. The van der Waals surface area contributed by atoms with Crippen LogP contribution in [0.3, 0.4) is 0 Å². The Bertz CT molecular complexity index is 980. The summed E-state index contributed by atoms with van der Waals surface area (Å²) in [5, 5.41) is 3.44. The third kappa shape index (κ3) is 3.47. The summed E-state index contributed by atoms with van der Waals surface area (Å²) in [7, 11) is 0. The van der Waals surface area contributed by atoms with E-state index in [1.165, 1.54) is 5.57 Å². The molecule has 186 valence electrons. The Balaban J connectivity index is 1.31. The molecule has 0 saturated carbocycles. The van der Waals surface area contributed by atoms with Gasteiger partial charge in [0.25, 0.3) is 6.43 Å². The standard InChI is InChI=1S/C26H37F2N5O/c1-16-12-19-21(31-9-6-29-7-10-31)15-33(19)20-13-22(30-24(23(16)20)25(27)28)32-8-5-26(14-18(32)3)17(2)4-11-34-26/h4,13,16,18-19,21,25,29H,5-12,14-15H2,1-3H3/t16-,18+,19-,21+,26?/m0/s1. The fraction of sp³-hybridized carbons (Fsp3) is 0.731. The van der Waals surface area contributed by atoms with Crippen molar-refractivity contribution in [2.24, 2.45) is 0 Å². The first-order chi connectivity index (χ1) is 16.4.